The second kappa shape index (κ2) is 9.69. The molecule has 2 N–H and O–H groups in total. The number of rotatable bonds is 6. The number of thiocarbonyl (C=S) groups is 1. The number of benzene rings is 2. The van der Waals surface area contributed by atoms with Gasteiger partial charge in [-0.05, 0) is 60.7 Å². The van der Waals surface area contributed by atoms with E-state index in [0.717, 1.165) is 11.3 Å². The van der Waals surface area contributed by atoms with Crippen molar-refractivity contribution in [3.63, 3.8) is 0 Å². The Bertz CT molecular complexity index is 1190. The zero-order chi connectivity index (χ0) is 21.6. The third-order valence-electron chi connectivity index (χ3n) is 3.98. The molecule has 0 bridgehead atoms. The lowest BCUT2D eigenvalue weighted by atomic mass is 10.2. The maximum Gasteiger partial charge on any atom is 0.293 e. The molecule has 2 heterocycles. The molecule has 0 saturated heterocycles. The van der Waals surface area contributed by atoms with E-state index in [0.29, 0.717) is 20.9 Å². The molecular weight excluding hydrogens is 456 g/mol. The molecule has 0 radical (unpaired) electrons. The highest BCUT2D eigenvalue weighted by Crippen LogP contribution is 2.24. The summed E-state index contributed by atoms with van der Waals surface area (Å²) in [5, 5.41) is 15.3. The Balaban J connectivity index is 1.30. The predicted molar refractivity (Wildman–Crippen MR) is 124 cm³/mol. The molecular formula is C21H15ClN4O3S2. The van der Waals surface area contributed by atoms with Gasteiger partial charge in [-0.15, -0.1) is 10.2 Å². The molecule has 10 heteroatoms. The van der Waals surface area contributed by atoms with Crippen molar-refractivity contribution in [3.8, 4) is 17.1 Å². The van der Waals surface area contributed by atoms with E-state index in [9.17, 15) is 4.79 Å². The van der Waals surface area contributed by atoms with Gasteiger partial charge in [0.15, 0.2) is 15.9 Å². The molecule has 0 fully saturated rings. The number of amides is 1. The highest BCUT2D eigenvalue weighted by molar-refractivity contribution is 7.80. The average molecular weight is 471 g/mol. The fourth-order valence-electron chi connectivity index (χ4n) is 2.55. The van der Waals surface area contributed by atoms with Gasteiger partial charge in [0.2, 0.25) is 5.13 Å². The minimum Gasteiger partial charge on any atom is -0.486 e. The number of nitrogens with one attached hydrogen (secondary N) is 2. The van der Waals surface area contributed by atoms with Crippen LogP contribution in [0.2, 0.25) is 5.02 Å². The Morgan fingerprint density at radius 2 is 1.84 bits per heavy atom. The number of ether oxygens (including phenoxy) is 1. The van der Waals surface area contributed by atoms with Gasteiger partial charge in [-0.1, -0.05) is 41.1 Å². The summed E-state index contributed by atoms with van der Waals surface area (Å²) in [5.41, 5.74) is 0.809. The number of hydrogen-bond donors (Lipinski definition) is 2. The third-order valence-corrected chi connectivity index (χ3v) is 5.25. The summed E-state index contributed by atoms with van der Waals surface area (Å²) in [7, 11) is 0. The summed E-state index contributed by atoms with van der Waals surface area (Å²) in [5.74, 6) is 0.942. The smallest absolute Gasteiger partial charge is 0.293 e. The van der Waals surface area contributed by atoms with Crippen molar-refractivity contribution >= 4 is 51.3 Å². The molecule has 0 aliphatic rings. The Morgan fingerprint density at radius 3 is 2.61 bits per heavy atom. The topological polar surface area (TPSA) is 89.3 Å². The fraction of sp³-hybridized carbons (Fsp3) is 0.0476. The second-order valence-electron chi connectivity index (χ2n) is 6.18. The lowest BCUT2D eigenvalue weighted by Gasteiger charge is -2.05. The molecule has 7 nitrogen and oxygen atoms in total. The van der Waals surface area contributed by atoms with Crippen molar-refractivity contribution in [1.82, 2.24) is 15.5 Å². The monoisotopic (exact) mass is 470 g/mol. The summed E-state index contributed by atoms with van der Waals surface area (Å²) < 4.78 is 11.3. The van der Waals surface area contributed by atoms with E-state index >= 15 is 0 Å². The maximum atomic E-state index is 12.4. The highest BCUT2D eigenvalue weighted by atomic mass is 35.5. The first-order chi connectivity index (χ1) is 15.1. The van der Waals surface area contributed by atoms with Crippen LogP contribution in [-0.2, 0) is 6.61 Å². The molecule has 2 aromatic carbocycles. The molecule has 2 aromatic heterocycles. The van der Waals surface area contributed by atoms with Crippen LogP contribution in [-0.4, -0.2) is 21.2 Å². The first-order valence-electron chi connectivity index (χ1n) is 9.05. The lowest BCUT2D eigenvalue weighted by Crippen LogP contribution is -2.33. The zero-order valence-electron chi connectivity index (χ0n) is 15.9. The Morgan fingerprint density at radius 1 is 1.06 bits per heavy atom. The molecule has 0 aliphatic heterocycles. The van der Waals surface area contributed by atoms with Crippen molar-refractivity contribution in [1.29, 1.82) is 0 Å². The molecule has 4 aromatic rings. The van der Waals surface area contributed by atoms with Crippen molar-refractivity contribution in [2.24, 2.45) is 0 Å². The van der Waals surface area contributed by atoms with Crippen LogP contribution in [0.4, 0.5) is 5.13 Å². The number of carbonyl (C=O) groups excluding carboxylic acids is 1. The van der Waals surface area contributed by atoms with Crippen LogP contribution >= 0.6 is 35.2 Å². The standard InChI is InChI=1S/C21H15ClN4O3S2/c22-14-8-6-13(7-9-14)16-10-11-17(29-16)19(27)23-20(30)24-21-26-25-18(31-21)12-28-15-4-2-1-3-5-15/h1-11H,12H2,(H2,23,24,26,27,30). The number of carbonyl (C=O) groups is 1. The van der Waals surface area contributed by atoms with Crippen molar-refractivity contribution in [3.05, 3.63) is 82.5 Å². The summed E-state index contributed by atoms with van der Waals surface area (Å²) in [6.07, 6.45) is 0. The van der Waals surface area contributed by atoms with Crippen LogP contribution < -0.4 is 15.4 Å². The van der Waals surface area contributed by atoms with Crippen molar-refractivity contribution < 1.29 is 13.9 Å². The quantitative estimate of drug-likeness (QED) is 0.376. The van der Waals surface area contributed by atoms with Gasteiger partial charge in [0, 0.05) is 10.6 Å². The van der Waals surface area contributed by atoms with E-state index in [1.165, 1.54) is 11.3 Å². The Kier molecular flexibility index (Phi) is 6.56. The second-order valence-corrected chi connectivity index (χ2v) is 8.09. The van der Waals surface area contributed by atoms with Gasteiger partial charge in [0.05, 0.1) is 0 Å². The van der Waals surface area contributed by atoms with Crippen LogP contribution in [0.1, 0.15) is 15.6 Å². The number of nitrogens with zero attached hydrogens (tertiary/aromatic N) is 2. The van der Waals surface area contributed by atoms with Gasteiger partial charge in [0.1, 0.15) is 18.1 Å². The van der Waals surface area contributed by atoms with Gasteiger partial charge in [-0.25, -0.2) is 0 Å². The number of anilines is 1. The van der Waals surface area contributed by atoms with E-state index in [2.05, 4.69) is 20.8 Å². The molecule has 1 amide bonds. The average Bonchev–Trinajstić information content (AvgIpc) is 3.43. The molecule has 0 saturated carbocycles. The van der Waals surface area contributed by atoms with Gasteiger partial charge >= 0.3 is 0 Å². The molecule has 0 aliphatic carbocycles. The number of halogens is 1. The zero-order valence-corrected chi connectivity index (χ0v) is 18.3. The highest BCUT2D eigenvalue weighted by Gasteiger charge is 2.15. The summed E-state index contributed by atoms with van der Waals surface area (Å²) in [6.45, 7) is 0.280. The maximum absolute atomic E-state index is 12.4. The molecule has 0 atom stereocenters. The fourth-order valence-corrected chi connectivity index (χ4v) is 3.58. The minimum atomic E-state index is -0.477. The van der Waals surface area contributed by atoms with E-state index in [1.54, 1.807) is 24.3 Å². The van der Waals surface area contributed by atoms with E-state index < -0.39 is 5.91 Å². The number of aromatic nitrogens is 2. The number of furan rings is 1. The molecule has 156 valence electrons. The summed E-state index contributed by atoms with van der Waals surface area (Å²) in [4.78, 5) is 12.4. The van der Waals surface area contributed by atoms with Crippen LogP contribution in [0.15, 0.2) is 71.1 Å². The first kappa shape index (κ1) is 21.0. The predicted octanol–water partition coefficient (Wildman–Crippen LogP) is 5.16. The molecule has 4 rings (SSSR count). The van der Waals surface area contributed by atoms with Crippen molar-refractivity contribution in [2.45, 2.75) is 6.61 Å². The van der Waals surface area contributed by atoms with Crippen LogP contribution in [0.3, 0.4) is 0 Å². The minimum absolute atomic E-state index is 0.0844. The van der Waals surface area contributed by atoms with Crippen LogP contribution in [0, 0.1) is 0 Å². The summed E-state index contributed by atoms with van der Waals surface area (Å²) >= 11 is 12.4. The Hall–Kier alpha value is -3.27. The molecule has 31 heavy (non-hydrogen) atoms. The van der Waals surface area contributed by atoms with Gasteiger partial charge < -0.3 is 14.5 Å². The molecule has 0 spiro atoms. The van der Waals surface area contributed by atoms with Gasteiger partial charge in [-0.3, -0.25) is 10.1 Å². The van der Waals surface area contributed by atoms with Crippen LogP contribution in [0.25, 0.3) is 11.3 Å². The van der Waals surface area contributed by atoms with Gasteiger partial charge in [0.25, 0.3) is 5.91 Å². The number of hydrogen-bond acceptors (Lipinski definition) is 7. The normalized spacial score (nSPS) is 10.5. The van der Waals surface area contributed by atoms with Crippen molar-refractivity contribution in [2.75, 3.05) is 5.32 Å². The number of para-hydroxylation sites is 1. The lowest BCUT2D eigenvalue weighted by molar-refractivity contribution is 0.0951. The Labute approximate surface area is 192 Å². The SMILES string of the molecule is O=C(NC(=S)Nc1nnc(COc2ccccc2)s1)c1ccc(-c2ccc(Cl)cc2)o1. The van der Waals surface area contributed by atoms with Gasteiger partial charge in [-0.2, -0.15) is 0 Å². The van der Waals surface area contributed by atoms with Crippen LogP contribution in [0.5, 0.6) is 5.75 Å². The third kappa shape index (κ3) is 5.66. The summed E-state index contributed by atoms with van der Waals surface area (Å²) in [6, 6.07) is 19.8. The van der Waals surface area contributed by atoms with E-state index in [1.807, 2.05) is 42.5 Å². The van der Waals surface area contributed by atoms with E-state index in [4.69, 9.17) is 33.0 Å². The molecule has 0 unspecified atom stereocenters. The first-order valence-corrected chi connectivity index (χ1v) is 10.7. The van der Waals surface area contributed by atoms with E-state index in [-0.39, 0.29) is 17.5 Å². The largest absolute Gasteiger partial charge is 0.486 e.